The maximum absolute atomic E-state index is 12.1. The molecule has 0 radical (unpaired) electrons. The molecule has 0 bridgehead atoms. The molecule has 0 aliphatic carbocycles. The molecule has 4 nitrogen and oxygen atoms in total. The van der Waals surface area contributed by atoms with Gasteiger partial charge in [-0.2, -0.15) is 0 Å². The highest BCUT2D eigenvalue weighted by Gasteiger charge is 2.48. The van der Waals surface area contributed by atoms with Gasteiger partial charge in [0.15, 0.2) is 0 Å². The number of carbonyl (C=O) groups excluding carboxylic acids is 1. The van der Waals surface area contributed by atoms with Crippen LogP contribution in [0, 0.1) is 5.41 Å². The van der Waals surface area contributed by atoms with Crippen molar-refractivity contribution in [3.63, 3.8) is 0 Å². The van der Waals surface area contributed by atoms with Crippen LogP contribution < -0.4 is 0 Å². The lowest BCUT2D eigenvalue weighted by molar-refractivity contribution is -0.159. The fraction of sp³-hybridized carbons (Fsp3) is 0.846. The van der Waals surface area contributed by atoms with Gasteiger partial charge in [0, 0.05) is 13.0 Å². The summed E-state index contributed by atoms with van der Waals surface area (Å²) in [6.07, 6.45) is 3.47. The van der Waals surface area contributed by atoms with Crippen LogP contribution in [0.5, 0.6) is 0 Å². The SMILES string of the molecule is CC(C)(C(=O)O)C(C)(C)N1CCCCCC1=O. The van der Waals surface area contributed by atoms with E-state index < -0.39 is 16.9 Å². The molecule has 1 rings (SSSR count). The summed E-state index contributed by atoms with van der Waals surface area (Å²) >= 11 is 0. The molecule has 1 aliphatic rings. The van der Waals surface area contributed by atoms with Crippen LogP contribution in [0.15, 0.2) is 0 Å². The molecule has 0 saturated carbocycles. The molecule has 0 aromatic heterocycles. The van der Waals surface area contributed by atoms with Crippen LogP contribution in [0.3, 0.4) is 0 Å². The van der Waals surface area contributed by atoms with Crippen molar-refractivity contribution in [3.05, 3.63) is 0 Å². The Morgan fingerprint density at radius 1 is 1.18 bits per heavy atom. The Labute approximate surface area is 103 Å². The molecule has 0 aromatic rings. The summed E-state index contributed by atoms with van der Waals surface area (Å²) in [5.74, 6) is -0.777. The van der Waals surface area contributed by atoms with Crippen molar-refractivity contribution in [2.75, 3.05) is 6.54 Å². The molecule has 1 aliphatic heterocycles. The molecule has 1 heterocycles. The van der Waals surface area contributed by atoms with Gasteiger partial charge in [-0.3, -0.25) is 9.59 Å². The topological polar surface area (TPSA) is 57.6 Å². The maximum Gasteiger partial charge on any atom is 0.311 e. The van der Waals surface area contributed by atoms with Gasteiger partial charge in [0.25, 0.3) is 0 Å². The largest absolute Gasteiger partial charge is 0.481 e. The van der Waals surface area contributed by atoms with Crippen LogP contribution >= 0.6 is 0 Å². The average Bonchev–Trinajstić information content (AvgIpc) is 2.42. The van der Waals surface area contributed by atoms with Gasteiger partial charge in [0.2, 0.25) is 5.91 Å². The second kappa shape index (κ2) is 4.67. The Hall–Kier alpha value is -1.06. The molecule has 0 unspecified atom stereocenters. The predicted molar refractivity (Wildman–Crippen MR) is 65.7 cm³/mol. The number of aliphatic carboxylic acids is 1. The third kappa shape index (κ3) is 2.45. The number of likely N-dealkylation sites (tertiary alicyclic amines) is 1. The normalized spacial score (nSPS) is 19.1. The number of hydrogen-bond acceptors (Lipinski definition) is 2. The molecule has 1 amide bonds. The van der Waals surface area contributed by atoms with E-state index in [2.05, 4.69) is 0 Å². The first kappa shape index (κ1) is 14.0. The fourth-order valence-corrected chi connectivity index (χ4v) is 2.17. The Balaban J connectivity index is 3.02. The molecule has 4 heteroatoms. The van der Waals surface area contributed by atoms with Crippen LogP contribution in [-0.4, -0.2) is 34.0 Å². The van der Waals surface area contributed by atoms with Crippen molar-refractivity contribution in [2.45, 2.75) is 58.9 Å². The summed E-state index contributed by atoms with van der Waals surface area (Å²) in [5, 5.41) is 9.33. The summed E-state index contributed by atoms with van der Waals surface area (Å²) in [6, 6.07) is 0. The highest BCUT2D eigenvalue weighted by Crippen LogP contribution is 2.37. The zero-order chi connectivity index (χ0) is 13.3. The molecule has 98 valence electrons. The van der Waals surface area contributed by atoms with Gasteiger partial charge >= 0.3 is 5.97 Å². The van der Waals surface area contributed by atoms with Gasteiger partial charge in [-0.05, 0) is 40.5 Å². The number of carbonyl (C=O) groups is 2. The second-order valence-electron chi connectivity index (χ2n) is 5.85. The van der Waals surface area contributed by atoms with E-state index in [0.717, 1.165) is 19.3 Å². The lowest BCUT2D eigenvalue weighted by Crippen LogP contribution is -2.59. The third-order valence-corrected chi connectivity index (χ3v) is 4.31. The quantitative estimate of drug-likeness (QED) is 0.824. The molecule has 0 spiro atoms. The van der Waals surface area contributed by atoms with Gasteiger partial charge in [0.05, 0.1) is 11.0 Å². The predicted octanol–water partition coefficient (Wildman–Crippen LogP) is 2.28. The van der Waals surface area contributed by atoms with Crippen molar-refractivity contribution < 1.29 is 14.7 Å². The first-order valence-electron chi connectivity index (χ1n) is 6.25. The minimum atomic E-state index is -0.951. The van der Waals surface area contributed by atoms with Crippen molar-refractivity contribution >= 4 is 11.9 Å². The Morgan fingerprint density at radius 2 is 1.76 bits per heavy atom. The van der Waals surface area contributed by atoms with Crippen LogP contribution in [0.25, 0.3) is 0 Å². The van der Waals surface area contributed by atoms with E-state index in [1.54, 1.807) is 18.7 Å². The van der Waals surface area contributed by atoms with E-state index in [-0.39, 0.29) is 5.91 Å². The van der Waals surface area contributed by atoms with E-state index in [1.807, 2.05) is 13.8 Å². The minimum Gasteiger partial charge on any atom is -0.481 e. The summed E-state index contributed by atoms with van der Waals surface area (Å²) in [6.45, 7) is 7.75. The van der Waals surface area contributed by atoms with Crippen LogP contribution in [-0.2, 0) is 9.59 Å². The average molecular weight is 241 g/mol. The third-order valence-electron chi connectivity index (χ3n) is 4.31. The second-order valence-corrected chi connectivity index (χ2v) is 5.85. The zero-order valence-electron chi connectivity index (χ0n) is 11.2. The lowest BCUT2D eigenvalue weighted by Gasteiger charge is -2.46. The smallest absolute Gasteiger partial charge is 0.311 e. The molecular weight excluding hydrogens is 218 g/mol. The van der Waals surface area contributed by atoms with Gasteiger partial charge in [0.1, 0.15) is 0 Å². The first-order valence-corrected chi connectivity index (χ1v) is 6.25. The number of rotatable bonds is 3. The van der Waals surface area contributed by atoms with Gasteiger partial charge in [-0.25, -0.2) is 0 Å². The monoisotopic (exact) mass is 241 g/mol. The van der Waals surface area contributed by atoms with Crippen molar-refractivity contribution in [1.82, 2.24) is 4.90 Å². The number of hydrogen-bond donors (Lipinski definition) is 1. The Morgan fingerprint density at radius 3 is 2.29 bits per heavy atom. The number of amides is 1. The number of carboxylic acids is 1. The highest BCUT2D eigenvalue weighted by molar-refractivity contribution is 5.81. The van der Waals surface area contributed by atoms with Crippen molar-refractivity contribution in [1.29, 1.82) is 0 Å². The zero-order valence-corrected chi connectivity index (χ0v) is 11.2. The molecule has 1 saturated heterocycles. The molecule has 0 aromatic carbocycles. The van der Waals surface area contributed by atoms with E-state index >= 15 is 0 Å². The van der Waals surface area contributed by atoms with Gasteiger partial charge in [-0.1, -0.05) is 6.42 Å². The number of nitrogens with zero attached hydrogens (tertiary/aromatic N) is 1. The summed E-state index contributed by atoms with van der Waals surface area (Å²) in [7, 11) is 0. The Bertz CT molecular complexity index is 321. The van der Waals surface area contributed by atoms with E-state index in [1.165, 1.54) is 0 Å². The molecule has 0 atom stereocenters. The van der Waals surface area contributed by atoms with Gasteiger partial charge < -0.3 is 10.0 Å². The standard InChI is InChI=1S/C13H23NO3/c1-12(2,11(16)17)13(3,4)14-9-7-5-6-8-10(14)15/h5-9H2,1-4H3,(H,16,17). The summed E-state index contributed by atoms with van der Waals surface area (Å²) in [5.41, 5.74) is -1.62. The van der Waals surface area contributed by atoms with E-state index in [0.29, 0.717) is 13.0 Å². The first-order chi connectivity index (χ1) is 7.71. The van der Waals surface area contributed by atoms with E-state index in [4.69, 9.17) is 0 Å². The van der Waals surface area contributed by atoms with Crippen molar-refractivity contribution in [2.24, 2.45) is 5.41 Å². The van der Waals surface area contributed by atoms with Crippen LogP contribution in [0.1, 0.15) is 53.4 Å². The molecular formula is C13H23NO3. The molecule has 1 fully saturated rings. The van der Waals surface area contributed by atoms with Crippen LogP contribution in [0.4, 0.5) is 0 Å². The molecule has 1 N–H and O–H groups in total. The van der Waals surface area contributed by atoms with Gasteiger partial charge in [-0.15, -0.1) is 0 Å². The number of carboxylic acid groups (broad SMARTS) is 1. The minimum absolute atomic E-state index is 0.0850. The highest BCUT2D eigenvalue weighted by atomic mass is 16.4. The lowest BCUT2D eigenvalue weighted by atomic mass is 9.73. The maximum atomic E-state index is 12.1. The Kier molecular flexibility index (Phi) is 3.84. The molecule has 17 heavy (non-hydrogen) atoms. The summed E-state index contributed by atoms with van der Waals surface area (Å²) < 4.78 is 0. The van der Waals surface area contributed by atoms with Crippen molar-refractivity contribution in [3.8, 4) is 0 Å². The fourth-order valence-electron chi connectivity index (χ4n) is 2.17. The summed E-state index contributed by atoms with van der Waals surface area (Å²) in [4.78, 5) is 25.2. The van der Waals surface area contributed by atoms with Crippen LogP contribution in [0.2, 0.25) is 0 Å². The van der Waals surface area contributed by atoms with E-state index in [9.17, 15) is 14.7 Å².